The lowest BCUT2D eigenvalue weighted by molar-refractivity contribution is -0.139. The molecule has 0 radical (unpaired) electrons. The van der Waals surface area contributed by atoms with Gasteiger partial charge in [0.1, 0.15) is 5.75 Å². The van der Waals surface area contributed by atoms with Gasteiger partial charge in [0.25, 0.3) is 5.91 Å². The normalized spacial score (nSPS) is 10.9. The molecular weight excluding hydrogens is 258 g/mol. The molecule has 0 fully saturated rings. The van der Waals surface area contributed by atoms with Gasteiger partial charge in [-0.25, -0.2) is 4.79 Å². The molecule has 0 heterocycles. The third-order valence-corrected chi connectivity index (χ3v) is 2.79. The number of nitrogens with one attached hydrogen (secondary N) is 1. The highest BCUT2D eigenvalue weighted by atomic mass is 16.5. The fourth-order valence-corrected chi connectivity index (χ4v) is 1.94. The van der Waals surface area contributed by atoms with Gasteiger partial charge in [-0.2, -0.15) is 0 Å². The van der Waals surface area contributed by atoms with Crippen LogP contribution in [-0.4, -0.2) is 29.1 Å². The smallest absolute Gasteiger partial charge is 0.341 e. The molecule has 0 aliphatic heterocycles. The van der Waals surface area contributed by atoms with Crippen molar-refractivity contribution in [2.24, 2.45) is 0 Å². The van der Waals surface area contributed by atoms with Gasteiger partial charge < -0.3 is 15.2 Å². The molecule has 0 aliphatic carbocycles. The number of benzene rings is 1. The van der Waals surface area contributed by atoms with Crippen LogP contribution < -0.4 is 10.1 Å². The van der Waals surface area contributed by atoms with E-state index >= 15 is 0 Å². The van der Waals surface area contributed by atoms with Crippen LogP contribution >= 0.6 is 0 Å². The standard InChI is InChI=1S/C15H21NO4/c1-4-8-15(2,3)16-14(19)11-6-5-7-12(9-11)20-10-13(17)18/h5-7,9H,4,8,10H2,1-3H3,(H,16,19)(H,17,18). The highest BCUT2D eigenvalue weighted by molar-refractivity contribution is 5.95. The van der Waals surface area contributed by atoms with Gasteiger partial charge in [0.15, 0.2) is 6.61 Å². The number of aliphatic carboxylic acids is 1. The molecule has 110 valence electrons. The van der Waals surface area contributed by atoms with Crippen molar-refractivity contribution in [1.29, 1.82) is 0 Å². The minimum absolute atomic E-state index is 0.191. The Bertz CT molecular complexity index is 483. The summed E-state index contributed by atoms with van der Waals surface area (Å²) in [6.45, 7) is 5.58. The van der Waals surface area contributed by atoms with Crippen LogP contribution in [0.15, 0.2) is 24.3 Å². The van der Waals surface area contributed by atoms with Crippen LogP contribution in [0.5, 0.6) is 5.75 Å². The summed E-state index contributed by atoms with van der Waals surface area (Å²) in [4.78, 5) is 22.6. The third kappa shape index (κ3) is 5.30. The molecule has 1 amide bonds. The molecular formula is C15H21NO4. The van der Waals surface area contributed by atoms with E-state index in [-0.39, 0.29) is 11.4 Å². The zero-order valence-electron chi connectivity index (χ0n) is 12.1. The van der Waals surface area contributed by atoms with E-state index in [0.29, 0.717) is 11.3 Å². The second-order valence-electron chi connectivity index (χ2n) is 5.30. The van der Waals surface area contributed by atoms with Crippen molar-refractivity contribution in [2.75, 3.05) is 6.61 Å². The molecule has 0 atom stereocenters. The first-order valence-electron chi connectivity index (χ1n) is 6.61. The molecule has 0 bridgehead atoms. The van der Waals surface area contributed by atoms with Crippen LogP contribution in [0.2, 0.25) is 0 Å². The number of carboxylic acid groups (broad SMARTS) is 1. The first kappa shape index (κ1) is 16.0. The number of amides is 1. The number of carboxylic acids is 1. The van der Waals surface area contributed by atoms with Crippen molar-refractivity contribution >= 4 is 11.9 Å². The van der Waals surface area contributed by atoms with E-state index in [1.165, 1.54) is 0 Å². The third-order valence-electron chi connectivity index (χ3n) is 2.79. The maximum Gasteiger partial charge on any atom is 0.341 e. The van der Waals surface area contributed by atoms with Gasteiger partial charge >= 0.3 is 5.97 Å². The Morgan fingerprint density at radius 3 is 2.65 bits per heavy atom. The summed E-state index contributed by atoms with van der Waals surface area (Å²) in [7, 11) is 0. The predicted octanol–water partition coefficient (Wildman–Crippen LogP) is 2.46. The van der Waals surface area contributed by atoms with Crippen LogP contribution in [0, 0.1) is 0 Å². The maximum atomic E-state index is 12.1. The van der Waals surface area contributed by atoms with Crippen LogP contribution in [0.3, 0.4) is 0 Å². The SMILES string of the molecule is CCCC(C)(C)NC(=O)c1cccc(OCC(=O)O)c1. The molecule has 0 unspecified atom stereocenters. The van der Waals surface area contributed by atoms with Crippen molar-refractivity contribution < 1.29 is 19.4 Å². The molecule has 5 heteroatoms. The predicted molar refractivity (Wildman–Crippen MR) is 76.0 cm³/mol. The Morgan fingerprint density at radius 2 is 2.05 bits per heavy atom. The van der Waals surface area contributed by atoms with Crippen LogP contribution in [0.4, 0.5) is 0 Å². The Kier molecular flexibility index (Phi) is 5.55. The quantitative estimate of drug-likeness (QED) is 0.804. The Labute approximate surface area is 118 Å². The molecule has 0 saturated heterocycles. The number of carbonyl (C=O) groups excluding carboxylic acids is 1. The molecule has 0 aromatic heterocycles. The summed E-state index contributed by atoms with van der Waals surface area (Å²) in [6.07, 6.45) is 1.86. The number of hydrogen-bond donors (Lipinski definition) is 2. The molecule has 0 saturated carbocycles. The van der Waals surface area contributed by atoms with Crippen molar-refractivity contribution in [2.45, 2.75) is 39.2 Å². The first-order chi connectivity index (χ1) is 9.34. The van der Waals surface area contributed by atoms with Gasteiger partial charge in [-0.05, 0) is 38.5 Å². The van der Waals surface area contributed by atoms with Crippen molar-refractivity contribution in [1.82, 2.24) is 5.32 Å². The number of hydrogen-bond acceptors (Lipinski definition) is 3. The van der Waals surface area contributed by atoms with Crippen LogP contribution in [0.25, 0.3) is 0 Å². The summed E-state index contributed by atoms with van der Waals surface area (Å²) < 4.78 is 5.06. The van der Waals surface area contributed by atoms with E-state index in [1.54, 1.807) is 24.3 Å². The summed E-state index contributed by atoms with van der Waals surface area (Å²) in [5.41, 5.74) is 0.182. The van der Waals surface area contributed by atoms with Gasteiger partial charge in [-0.1, -0.05) is 19.4 Å². The summed E-state index contributed by atoms with van der Waals surface area (Å²) in [5.74, 6) is -0.874. The van der Waals surface area contributed by atoms with Crippen molar-refractivity contribution in [3.05, 3.63) is 29.8 Å². The van der Waals surface area contributed by atoms with Gasteiger partial charge in [0, 0.05) is 11.1 Å². The molecule has 2 N–H and O–H groups in total. The van der Waals surface area contributed by atoms with E-state index in [2.05, 4.69) is 12.2 Å². The zero-order chi connectivity index (χ0) is 15.2. The first-order valence-corrected chi connectivity index (χ1v) is 6.61. The van der Waals surface area contributed by atoms with Gasteiger partial charge in [-0.3, -0.25) is 4.79 Å². The Balaban J connectivity index is 2.73. The van der Waals surface area contributed by atoms with E-state index in [4.69, 9.17) is 9.84 Å². The minimum Gasteiger partial charge on any atom is -0.482 e. The molecule has 1 aromatic carbocycles. The number of rotatable bonds is 7. The van der Waals surface area contributed by atoms with Gasteiger partial charge in [-0.15, -0.1) is 0 Å². The lowest BCUT2D eigenvalue weighted by Crippen LogP contribution is -2.43. The molecule has 5 nitrogen and oxygen atoms in total. The maximum absolute atomic E-state index is 12.1. The molecule has 1 aromatic rings. The van der Waals surface area contributed by atoms with Gasteiger partial charge in [0.05, 0.1) is 0 Å². The average molecular weight is 279 g/mol. The van der Waals surface area contributed by atoms with Crippen molar-refractivity contribution in [3.63, 3.8) is 0 Å². The Morgan fingerprint density at radius 1 is 1.35 bits per heavy atom. The van der Waals surface area contributed by atoms with E-state index < -0.39 is 12.6 Å². The fourth-order valence-electron chi connectivity index (χ4n) is 1.94. The largest absolute Gasteiger partial charge is 0.482 e. The highest BCUT2D eigenvalue weighted by Gasteiger charge is 2.20. The summed E-state index contributed by atoms with van der Waals surface area (Å²) >= 11 is 0. The summed E-state index contributed by atoms with van der Waals surface area (Å²) in [5, 5.41) is 11.5. The van der Waals surface area contributed by atoms with Crippen molar-refractivity contribution in [3.8, 4) is 5.75 Å². The number of ether oxygens (including phenoxy) is 1. The minimum atomic E-state index is -1.05. The van der Waals surface area contributed by atoms with Crippen LogP contribution in [0.1, 0.15) is 44.0 Å². The van der Waals surface area contributed by atoms with E-state index in [0.717, 1.165) is 12.8 Å². The molecule has 1 rings (SSSR count). The second kappa shape index (κ2) is 6.93. The molecule has 20 heavy (non-hydrogen) atoms. The lowest BCUT2D eigenvalue weighted by Gasteiger charge is -2.25. The molecule has 0 aliphatic rings. The summed E-state index contributed by atoms with van der Waals surface area (Å²) in [6, 6.07) is 6.50. The van der Waals surface area contributed by atoms with Crippen LogP contribution in [-0.2, 0) is 4.79 Å². The zero-order valence-corrected chi connectivity index (χ0v) is 12.1. The number of carbonyl (C=O) groups is 2. The second-order valence-corrected chi connectivity index (χ2v) is 5.30. The Hall–Kier alpha value is -2.04. The monoisotopic (exact) mass is 279 g/mol. The lowest BCUT2D eigenvalue weighted by atomic mass is 9.98. The van der Waals surface area contributed by atoms with Gasteiger partial charge in [0.2, 0.25) is 0 Å². The van der Waals surface area contributed by atoms with E-state index in [1.807, 2.05) is 13.8 Å². The topological polar surface area (TPSA) is 75.6 Å². The molecule has 0 spiro atoms. The van der Waals surface area contributed by atoms with E-state index in [9.17, 15) is 9.59 Å². The average Bonchev–Trinajstić information content (AvgIpc) is 2.36. The highest BCUT2D eigenvalue weighted by Crippen LogP contribution is 2.16. The fraction of sp³-hybridized carbons (Fsp3) is 0.467.